The molecule has 4 aromatic carbocycles. The second kappa shape index (κ2) is 11.2. The second-order valence-electron chi connectivity index (χ2n) is 8.26. The van der Waals surface area contributed by atoms with Gasteiger partial charge in [0, 0.05) is 5.29 Å². The van der Waals surface area contributed by atoms with Crippen LogP contribution in [0.3, 0.4) is 0 Å². The maximum atomic E-state index is 14.5. The zero-order chi connectivity index (χ0) is 23.8. The minimum atomic E-state index is -2.43. The molecule has 0 heterocycles. The van der Waals surface area contributed by atoms with Gasteiger partial charge in [0.05, 0.1) is 12.7 Å². The van der Waals surface area contributed by atoms with Gasteiger partial charge in [-0.2, -0.15) is 0 Å². The van der Waals surface area contributed by atoms with Crippen molar-refractivity contribution in [1.29, 1.82) is 0 Å². The summed E-state index contributed by atoms with van der Waals surface area (Å²) in [6.45, 7) is -0.254. The summed E-state index contributed by atoms with van der Waals surface area (Å²) in [7, 11) is 1.63. The molecule has 34 heavy (non-hydrogen) atoms. The highest BCUT2D eigenvalue weighted by Gasteiger charge is 2.33. The first-order valence-electron chi connectivity index (χ1n) is 11.8. The zero-order valence-corrected chi connectivity index (χ0v) is 20.7. The van der Waals surface area contributed by atoms with Gasteiger partial charge in [0.25, 0.3) is 0 Å². The lowest BCUT2D eigenvalue weighted by Gasteiger charge is -2.33. The second-order valence-corrected chi connectivity index (χ2v) is 11.7. The van der Waals surface area contributed by atoms with E-state index in [1.165, 1.54) is 15.9 Å². The molecule has 0 aliphatic rings. The monoisotopic (exact) mass is 466 g/mol. The fourth-order valence-electron chi connectivity index (χ4n) is 4.63. The quantitative estimate of drug-likeness (QED) is 0.216. The van der Waals surface area contributed by atoms with Crippen molar-refractivity contribution in [1.82, 2.24) is 0 Å². The minimum absolute atomic E-state index is 0.0794. The van der Waals surface area contributed by atoms with E-state index in [0.717, 1.165) is 24.6 Å². The van der Waals surface area contributed by atoms with E-state index < -0.39 is 6.89 Å². The molecule has 0 N–H and O–H groups in total. The van der Waals surface area contributed by atoms with Crippen LogP contribution >= 0.6 is 6.89 Å². The number of carbonyl (C=O) groups is 1. The lowest BCUT2D eigenvalue weighted by atomic mass is 10.0. The van der Waals surface area contributed by atoms with Crippen molar-refractivity contribution >= 4 is 33.9 Å². The summed E-state index contributed by atoms with van der Waals surface area (Å²) >= 11 is 0. The van der Waals surface area contributed by atoms with E-state index in [2.05, 4.69) is 79.7 Å². The number of Topliss-reactive ketones (excluding diaryl/α,β-unsaturated/α-hetero) is 1. The smallest absolute Gasteiger partial charge is 0.193 e. The van der Waals surface area contributed by atoms with Crippen LogP contribution < -0.4 is 20.7 Å². The lowest BCUT2D eigenvalue weighted by Crippen LogP contribution is -2.33. The number of carbonyl (C=O) groups excluding carboxylic acids is 1. The van der Waals surface area contributed by atoms with Crippen molar-refractivity contribution in [2.24, 2.45) is 0 Å². The van der Waals surface area contributed by atoms with Crippen LogP contribution in [0.15, 0.2) is 115 Å². The molecule has 0 aliphatic heterocycles. The summed E-state index contributed by atoms with van der Waals surface area (Å²) in [6.07, 6.45) is 2.70. The zero-order valence-electron chi connectivity index (χ0n) is 19.9. The molecular formula is C31H31O2P. The highest BCUT2D eigenvalue weighted by molar-refractivity contribution is 7.96. The van der Waals surface area contributed by atoms with Crippen molar-refractivity contribution in [3.05, 3.63) is 121 Å². The van der Waals surface area contributed by atoms with Crippen LogP contribution in [0.1, 0.15) is 36.5 Å². The van der Waals surface area contributed by atoms with Gasteiger partial charge in [-0.1, -0.05) is 116 Å². The van der Waals surface area contributed by atoms with Crippen LogP contribution in [-0.4, -0.2) is 18.2 Å². The minimum Gasteiger partial charge on any atom is -0.496 e. The van der Waals surface area contributed by atoms with E-state index in [4.69, 9.17) is 4.74 Å². The first kappa shape index (κ1) is 23.8. The molecule has 0 aliphatic carbocycles. The SMILES string of the molecule is CCCCC(C(=O)c1ccccc1OC)=P(c1ccccc1)(c1ccccc1)c1ccccc1. The molecule has 0 saturated heterocycles. The molecule has 0 saturated carbocycles. The molecule has 3 heteroatoms. The molecule has 0 bridgehead atoms. The maximum absolute atomic E-state index is 14.5. The van der Waals surface area contributed by atoms with Crippen molar-refractivity contribution < 1.29 is 9.53 Å². The van der Waals surface area contributed by atoms with Gasteiger partial charge < -0.3 is 4.74 Å². The maximum Gasteiger partial charge on any atom is 0.193 e. The van der Waals surface area contributed by atoms with Gasteiger partial charge in [0.2, 0.25) is 0 Å². The Kier molecular flexibility index (Phi) is 7.83. The molecule has 0 radical (unpaired) electrons. The largest absolute Gasteiger partial charge is 0.496 e. The van der Waals surface area contributed by atoms with Crippen molar-refractivity contribution in [3.8, 4) is 5.75 Å². The molecule has 0 aromatic heterocycles. The van der Waals surface area contributed by atoms with Gasteiger partial charge in [-0.15, -0.1) is 0 Å². The topological polar surface area (TPSA) is 26.3 Å². The molecule has 0 spiro atoms. The summed E-state index contributed by atoms with van der Waals surface area (Å²) < 4.78 is 5.63. The molecule has 172 valence electrons. The highest BCUT2D eigenvalue weighted by atomic mass is 31.2. The summed E-state index contributed by atoms with van der Waals surface area (Å²) in [6, 6.07) is 39.4. The molecule has 2 nitrogen and oxygen atoms in total. The van der Waals surface area contributed by atoms with E-state index in [9.17, 15) is 4.79 Å². The average molecular weight is 467 g/mol. The van der Waals surface area contributed by atoms with Crippen LogP contribution in [0, 0.1) is 0 Å². The fourth-order valence-corrected chi connectivity index (χ4v) is 9.24. The Hall–Kier alpha value is -3.35. The first-order chi connectivity index (χ1) is 16.7. The van der Waals surface area contributed by atoms with Gasteiger partial charge in [-0.3, -0.25) is 4.79 Å². The standard InChI is InChI=1S/C31H31O2P/c1-3-4-24-30(31(32)28-22-14-15-23-29(28)33-2)34(25-16-8-5-9-17-25,26-18-10-6-11-19-26)27-20-12-7-13-21-27/h5-23H,3-4,24H2,1-2H3. The number of hydrogen-bond acceptors (Lipinski definition) is 2. The van der Waals surface area contributed by atoms with Crippen LogP contribution in [0.2, 0.25) is 0 Å². The van der Waals surface area contributed by atoms with Crippen LogP contribution in [-0.2, 0) is 0 Å². The van der Waals surface area contributed by atoms with Gasteiger partial charge in [-0.25, -0.2) is 0 Å². The van der Waals surface area contributed by atoms with Gasteiger partial charge in [0.1, 0.15) is 5.75 Å². The molecule has 0 amide bonds. The number of benzene rings is 4. The van der Waals surface area contributed by atoms with Crippen molar-refractivity contribution in [2.45, 2.75) is 26.2 Å². The molecule has 0 atom stereocenters. The number of unbranched alkanes of at least 4 members (excludes halogenated alkanes) is 1. The average Bonchev–Trinajstić information content (AvgIpc) is 2.92. The van der Waals surface area contributed by atoms with Gasteiger partial charge in [-0.05, 0) is 47.8 Å². The Balaban J connectivity index is 2.20. The molecule has 4 aromatic rings. The number of ketones is 1. The lowest BCUT2D eigenvalue weighted by molar-refractivity contribution is 0.106. The molecule has 4 rings (SSSR count). The van der Waals surface area contributed by atoms with E-state index in [1.807, 2.05) is 42.5 Å². The summed E-state index contributed by atoms with van der Waals surface area (Å²) in [5.74, 6) is 0.699. The number of rotatable bonds is 9. The Morgan fingerprint density at radius 2 is 1.12 bits per heavy atom. The Labute approximate surface area is 203 Å². The van der Waals surface area contributed by atoms with E-state index in [1.54, 1.807) is 7.11 Å². The summed E-state index contributed by atoms with van der Waals surface area (Å²) in [5, 5.41) is 4.56. The van der Waals surface area contributed by atoms with Crippen molar-refractivity contribution in [3.63, 3.8) is 0 Å². The first-order valence-corrected chi connectivity index (χ1v) is 13.6. The summed E-state index contributed by atoms with van der Waals surface area (Å²) in [4.78, 5) is 14.5. The highest BCUT2D eigenvalue weighted by Crippen LogP contribution is 2.48. The Morgan fingerprint density at radius 3 is 1.56 bits per heavy atom. The predicted molar refractivity (Wildman–Crippen MR) is 147 cm³/mol. The van der Waals surface area contributed by atoms with Crippen molar-refractivity contribution in [2.75, 3.05) is 7.11 Å². The Bertz CT molecular complexity index is 1180. The normalized spacial score (nSPS) is 11.1. The van der Waals surface area contributed by atoms with Crippen LogP contribution in [0.4, 0.5) is 0 Å². The van der Waals surface area contributed by atoms with Crippen LogP contribution in [0.25, 0.3) is 0 Å². The predicted octanol–water partition coefficient (Wildman–Crippen LogP) is 6.23. The Morgan fingerprint density at radius 1 is 0.676 bits per heavy atom. The number of ether oxygens (including phenoxy) is 1. The van der Waals surface area contributed by atoms with E-state index in [0.29, 0.717) is 11.3 Å². The van der Waals surface area contributed by atoms with E-state index >= 15 is 0 Å². The third kappa shape index (κ3) is 4.52. The number of methoxy groups -OCH3 is 1. The van der Waals surface area contributed by atoms with Crippen LogP contribution in [0.5, 0.6) is 5.75 Å². The number of para-hydroxylation sites is 1. The summed E-state index contributed by atoms with van der Waals surface area (Å²) in [5.41, 5.74) is 0.628. The van der Waals surface area contributed by atoms with E-state index in [-0.39, 0.29) is 5.78 Å². The molecule has 0 unspecified atom stereocenters. The molecule has 0 fully saturated rings. The fraction of sp³-hybridized carbons (Fsp3) is 0.161. The third-order valence-corrected chi connectivity index (χ3v) is 10.7. The number of hydrogen-bond donors (Lipinski definition) is 0. The van der Waals surface area contributed by atoms with Gasteiger partial charge in [0.15, 0.2) is 5.78 Å². The third-order valence-electron chi connectivity index (χ3n) is 6.22. The molecular weight excluding hydrogens is 435 g/mol. The van der Waals surface area contributed by atoms with Gasteiger partial charge >= 0.3 is 0 Å².